The van der Waals surface area contributed by atoms with Gasteiger partial charge in [0.15, 0.2) is 0 Å². The van der Waals surface area contributed by atoms with Crippen LogP contribution in [0.4, 0.5) is 0 Å². The second kappa shape index (κ2) is 15.8. The van der Waals surface area contributed by atoms with E-state index in [4.69, 9.17) is 0 Å². The van der Waals surface area contributed by atoms with Gasteiger partial charge in [-0.15, -0.1) is 35.4 Å². The molecule has 0 nitrogen and oxygen atoms in total. The Hall–Kier alpha value is -2.89. The summed E-state index contributed by atoms with van der Waals surface area (Å²) in [5.41, 5.74) is 21.5. The normalized spacial score (nSPS) is 11.5. The molecule has 0 saturated carbocycles. The summed E-state index contributed by atoms with van der Waals surface area (Å²) in [6.45, 7) is 9.02. The van der Waals surface area contributed by atoms with Crippen molar-refractivity contribution in [3.8, 4) is 22.9 Å². The van der Waals surface area contributed by atoms with Crippen molar-refractivity contribution in [1.29, 1.82) is 0 Å². The average Bonchev–Trinajstić information content (AvgIpc) is 2.95. The Bertz CT molecular complexity index is 1410. The van der Waals surface area contributed by atoms with E-state index in [1.165, 1.54) is 0 Å². The zero-order chi connectivity index (χ0) is 26.8. The fourth-order valence-corrected chi connectivity index (χ4v) is 6.78. The summed E-state index contributed by atoms with van der Waals surface area (Å²) in [7, 11) is -4.41. The summed E-state index contributed by atoms with van der Waals surface area (Å²) < 4.78 is 0. The van der Waals surface area contributed by atoms with Gasteiger partial charge in [-0.1, -0.05) is 111 Å². The fraction of sp³-hybridized carbons (Fsp3) is 0.111. The molecule has 40 heavy (non-hydrogen) atoms. The number of allylic oxidation sites excluding steroid dienone is 2. The van der Waals surface area contributed by atoms with Crippen LogP contribution in [0.25, 0.3) is 11.1 Å². The van der Waals surface area contributed by atoms with E-state index in [1.54, 1.807) is 0 Å². The van der Waals surface area contributed by atoms with Gasteiger partial charge in [-0.2, -0.15) is 11.1 Å². The fourth-order valence-electron chi connectivity index (χ4n) is 3.95. The van der Waals surface area contributed by atoms with Gasteiger partial charge in [0.1, 0.15) is 0 Å². The van der Waals surface area contributed by atoms with Crippen LogP contribution in [-0.2, 0) is 0 Å². The third kappa shape index (κ3) is 10.3. The number of benzene rings is 4. The van der Waals surface area contributed by atoms with Crippen molar-refractivity contribution in [2.75, 3.05) is 0 Å². The molecule has 4 rings (SSSR count). The first-order valence-corrected chi connectivity index (χ1v) is 18.9. The van der Waals surface area contributed by atoms with Gasteiger partial charge in [-0.3, -0.25) is 22.5 Å². The van der Waals surface area contributed by atoms with E-state index < -0.39 is 16.1 Å². The van der Waals surface area contributed by atoms with Gasteiger partial charge >= 0.3 is 37.7 Å². The topological polar surface area (TPSA) is 0 Å². The van der Waals surface area contributed by atoms with Crippen LogP contribution in [0.5, 0.6) is 0 Å². The average molecular weight is 535 g/mol. The number of rotatable bonds is 5. The predicted molar refractivity (Wildman–Crippen MR) is 168 cm³/mol. The molecule has 0 radical (unpaired) electrons. The van der Waals surface area contributed by atoms with Gasteiger partial charge < -0.3 is 0 Å². The van der Waals surface area contributed by atoms with Crippen molar-refractivity contribution in [1.82, 2.24) is 0 Å². The minimum atomic E-state index is -2.20. The molecule has 0 unspecified atom stereocenters. The predicted octanol–water partition coefficient (Wildman–Crippen LogP) is 2.44. The minimum absolute atomic E-state index is 0. The van der Waals surface area contributed by atoms with Crippen LogP contribution in [0, 0.1) is 34.3 Å². The Kier molecular flexibility index (Phi) is 13.1. The third-order valence-electron chi connectivity index (χ3n) is 5.84. The zero-order valence-electron chi connectivity index (χ0n) is 24.5. The number of hydrogen-bond donors (Lipinski definition) is 0. The van der Waals surface area contributed by atoms with Crippen molar-refractivity contribution >= 4 is 27.3 Å². The second-order valence-electron chi connectivity index (χ2n) is 10.2. The van der Waals surface area contributed by atoms with E-state index in [2.05, 4.69) is 145 Å². The van der Waals surface area contributed by atoms with Crippen LogP contribution in [0.3, 0.4) is 0 Å². The first kappa shape index (κ1) is 33.3. The monoisotopic (exact) mass is 534 g/mol. The van der Waals surface area contributed by atoms with Crippen LogP contribution >= 0.6 is 0 Å². The largest absolute Gasteiger partial charge is 1.00 e. The van der Waals surface area contributed by atoms with Crippen LogP contribution in [-0.4, -0.2) is 16.1 Å². The molecule has 0 bridgehead atoms. The molecular weight excluding hydrogens is 502 g/mol. The van der Waals surface area contributed by atoms with E-state index in [0.717, 1.165) is 33.4 Å². The maximum atomic E-state index is 3.93. The van der Waals surface area contributed by atoms with Crippen LogP contribution in [0.15, 0.2) is 121 Å². The Labute approximate surface area is 267 Å². The molecule has 0 spiro atoms. The molecule has 0 aromatic heterocycles. The molecule has 0 amide bonds. The first-order chi connectivity index (χ1) is 18.3. The van der Waals surface area contributed by atoms with Crippen molar-refractivity contribution in [2.45, 2.75) is 26.2 Å². The molecule has 186 valence electrons. The molecule has 4 aromatic carbocycles. The van der Waals surface area contributed by atoms with Crippen molar-refractivity contribution < 1.29 is 37.7 Å². The third-order valence-corrected chi connectivity index (χ3v) is 9.09. The van der Waals surface area contributed by atoms with Crippen LogP contribution in [0.2, 0.25) is 26.2 Å². The number of hydrogen-bond acceptors (Lipinski definition) is 0. The molecule has 0 N–H and O–H groups in total. The van der Waals surface area contributed by atoms with Gasteiger partial charge in [-0.05, 0) is 24.3 Å². The summed E-state index contributed by atoms with van der Waals surface area (Å²) >= 11 is 0. The van der Waals surface area contributed by atoms with E-state index in [9.17, 15) is 0 Å². The maximum absolute atomic E-state index is 3.93. The Morgan fingerprint density at radius 3 is 1.02 bits per heavy atom. The van der Waals surface area contributed by atoms with Gasteiger partial charge in [-0.25, -0.2) is 0 Å². The maximum Gasteiger partial charge on any atom is 1.00 e. The Balaban J connectivity index is 0.00000280. The van der Waals surface area contributed by atoms with E-state index in [1.807, 2.05) is 36.4 Å². The molecule has 0 heterocycles. The van der Waals surface area contributed by atoms with Crippen molar-refractivity contribution in [2.24, 2.45) is 0 Å². The van der Waals surface area contributed by atoms with Crippen LogP contribution < -0.4 is 37.7 Å². The van der Waals surface area contributed by atoms with E-state index >= 15 is 0 Å². The van der Waals surface area contributed by atoms with Gasteiger partial charge in [0.2, 0.25) is 0 Å². The van der Waals surface area contributed by atoms with Gasteiger partial charge in [0, 0.05) is 11.1 Å². The summed E-state index contributed by atoms with van der Waals surface area (Å²) in [6, 6.07) is 41.5. The minimum Gasteiger partial charge on any atom is -0.296 e. The zero-order valence-corrected chi connectivity index (χ0v) is 26.5. The molecular formula is C36H32Li2Si2. The molecule has 0 fully saturated rings. The molecule has 0 atom stereocenters. The summed E-state index contributed by atoms with van der Waals surface area (Å²) in [4.78, 5) is 0. The van der Waals surface area contributed by atoms with Gasteiger partial charge in [0.05, 0.1) is 16.1 Å². The quantitative estimate of drug-likeness (QED) is 0.160. The molecule has 0 aliphatic heterocycles. The first-order valence-electron chi connectivity index (χ1n) is 12.9. The van der Waals surface area contributed by atoms with E-state index in [0.29, 0.717) is 0 Å². The molecule has 0 aliphatic rings. The molecule has 0 saturated heterocycles. The molecule has 4 aromatic rings. The Morgan fingerprint density at radius 1 is 0.450 bits per heavy atom. The smallest absolute Gasteiger partial charge is 0.296 e. The van der Waals surface area contributed by atoms with Gasteiger partial charge in [0.25, 0.3) is 0 Å². The molecule has 0 aliphatic carbocycles. The van der Waals surface area contributed by atoms with Crippen molar-refractivity contribution in [3.63, 3.8) is 0 Å². The second-order valence-corrected chi connectivity index (χ2v) is 17.7. The molecule has 4 heteroatoms. The summed E-state index contributed by atoms with van der Waals surface area (Å²) in [5, 5.41) is 0. The standard InChI is InChI=1S/C36H32Si2.2Li/c1-37(2,27-25-31-17-9-5-10-18-31)29-35(33-21-13-7-14-22-33)36(34-23-15-8-16-24-34)30-38(3,4)28-26-32-19-11-6-12-20-32;;/h5-24H,1-4H3;;/q-2;2*+1. The van der Waals surface area contributed by atoms with E-state index in [-0.39, 0.29) is 37.7 Å². The van der Waals surface area contributed by atoms with Crippen molar-refractivity contribution in [3.05, 3.63) is 155 Å². The van der Waals surface area contributed by atoms with Crippen LogP contribution in [0.1, 0.15) is 22.3 Å². The SMILES string of the molecule is C[Si](C)(C#Cc1ccccc1)[C-]=C(C(=[C-][Si](C)(C)C#Cc1ccccc1)c1ccccc1)c1ccccc1.[Li+].[Li+]. The summed E-state index contributed by atoms with van der Waals surface area (Å²) in [6.07, 6.45) is 0. The Morgan fingerprint density at radius 2 is 0.725 bits per heavy atom. The summed E-state index contributed by atoms with van der Waals surface area (Å²) in [5.74, 6) is 6.80.